The summed E-state index contributed by atoms with van der Waals surface area (Å²) in [6, 6.07) is 0. The van der Waals surface area contributed by atoms with Gasteiger partial charge in [-0.3, -0.25) is 9.48 Å². The Bertz CT molecular complexity index is 264. The highest BCUT2D eigenvalue weighted by Gasteiger charge is 1.98. The fraction of sp³-hybridized carbons (Fsp3) is 0.333. The number of nitrogen functional groups attached to an aromatic ring is 1. The predicted molar refractivity (Wildman–Crippen MR) is 53.4 cm³/mol. The first kappa shape index (κ1) is 14.6. The number of aromatic nitrogens is 2. The molecule has 1 rings (SSSR count). The molecule has 0 unspecified atom stereocenters. The van der Waals surface area contributed by atoms with Gasteiger partial charge in [0, 0.05) is 6.20 Å². The highest BCUT2D eigenvalue weighted by Crippen LogP contribution is 1.98. The van der Waals surface area contributed by atoms with Crippen LogP contribution in [0.2, 0.25) is 0 Å². The van der Waals surface area contributed by atoms with E-state index in [1.165, 1.54) is 10.9 Å². The molecule has 0 saturated heterocycles. The second-order valence-corrected chi connectivity index (χ2v) is 2.18. The van der Waals surface area contributed by atoms with E-state index in [2.05, 4.69) is 5.10 Å². The number of aryl methyl sites for hydroxylation is 1. The van der Waals surface area contributed by atoms with Crippen LogP contribution in [-0.4, -0.2) is 20.9 Å². The fourth-order valence-electron chi connectivity index (χ4n) is 0.712. The highest BCUT2D eigenvalue weighted by atomic mass is 35.5. The number of aliphatic carboxylic acids is 1. The number of hydrogen-bond donors (Lipinski definition) is 2. The molecule has 0 aromatic carbocycles. The average Bonchev–Trinajstić information content (AvgIpc) is 2.31. The largest absolute Gasteiger partial charge is 0.481 e. The molecular weight excluding hydrogens is 217 g/mol. The zero-order chi connectivity index (χ0) is 8.27. The second-order valence-electron chi connectivity index (χ2n) is 2.18. The number of carboxylic acids is 1. The van der Waals surface area contributed by atoms with Crippen molar-refractivity contribution < 1.29 is 9.90 Å². The predicted octanol–water partition coefficient (Wildman–Crippen LogP) is 0.784. The number of anilines is 1. The van der Waals surface area contributed by atoms with Crippen molar-refractivity contribution in [2.24, 2.45) is 0 Å². The Morgan fingerprint density at radius 2 is 2.23 bits per heavy atom. The smallest absolute Gasteiger partial charge is 0.305 e. The SMILES string of the molecule is Cl.Cl.Nc1cnn(CCC(=O)O)c1. The third kappa shape index (κ3) is 5.32. The minimum absolute atomic E-state index is 0. The van der Waals surface area contributed by atoms with E-state index in [9.17, 15) is 4.79 Å². The Morgan fingerprint density at radius 3 is 2.62 bits per heavy atom. The molecule has 5 nitrogen and oxygen atoms in total. The first-order valence-corrected chi connectivity index (χ1v) is 3.18. The lowest BCUT2D eigenvalue weighted by atomic mass is 10.4. The summed E-state index contributed by atoms with van der Waals surface area (Å²) >= 11 is 0. The molecule has 0 aliphatic carbocycles. The van der Waals surface area contributed by atoms with E-state index in [1.807, 2.05) is 0 Å². The quantitative estimate of drug-likeness (QED) is 0.801. The first-order chi connectivity index (χ1) is 5.18. The van der Waals surface area contributed by atoms with Gasteiger partial charge in [-0.2, -0.15) is 5.10 Å². The molecule has 0 atom stereocenters. The van der Waals surface area contributed by atoms with Gasteiger partial charge in [-0.05, 0) is 0 Å². The number of nitrogens with zero attached hydrogens (tertiary/aromatic N) is 2. The van der Waals surface area contributed by atoms with Crippen molar-refractivity contribution in [3.05, 3.63) is 12.4 Å². The van der Waals surface area contributed by atoms with Crippen molar-refractivity contribution in [1.29, 1.82) is 0 Å². The van der Waals surface area contributed by atoms with Crippen molar-refractivity contribution >= 4 is 36.5 Å². The summed E-state index contributed by atoms with van der Waals surface area (Å²) in [6.07, 6.45) is 3.16. The van der Waals surface area contributed by atoms with Gasteiger partial charge in [-0.15, -0.1) is 24.8 Å². The van der Waals surface area contributed by atoms with Crippen LogP contribution in [-0.2, 0) is 11.3 Å². The summed E-state index contributed by atoms with van der Waals surface area (Å²) in [6.45, 7) is 0.368. The van der Waals surface area contributed by atoms with E-state index in [0.717, 1.165) is 0 Å². The van der Waals surface area contributed by atoms with Crippen LogP contribution in [0.25, 0.3) is 0 Å². The second kappa shape index (κ2) is 6.56. The summed E-state index contributed by atoms with van der Waals surface area (Å²) in [4.78, 5) is 10.1. The third-order valence-electron chi connectivity index (χ3n) is 1.21. The summed E-state index contributed by atoms with van der Waals surface area (Å²) < 4.78 is 1.50. The number of halogens is 2. The Labute approximate surface area is 87.7 Å². The molecule has 13 heavy (non-hydrogen) atoms. The summed E-state index contributed by atoms with van der Waals surface area (Å²) in [5, 5.41) is 12.1. The molecule has 0 spiro atoms. The Balaban J connectivity index is 0. The maximum absolute atomic E-state index is 10.1. The van der Waals surface area contributed by atoms with Crippen molar-refractivity contribution in [3.63, 3.8) is 0 Å². The maximum atomic E-state index is 10.1. The van der Waals surface area contributed by atoms with E-state index in [-0.39, 0.29) is 31.2 Å². The van der Waals surface area contributed by atoms with Crippen LogP contribution in [0.15, 0.2) is 12.4 Å². The van der Waals surface area contributed by atoms with Gasteiger partial charge >= 0.3 is 5.97 Å². The lowest BCUT2D eigenvalue weighted by molar-refractivity contribution is -0.137. The van der Waals surface area contributed by atoms with Gasteiger partial charge in [-0.25, -0.2) is 0 Å². The molecule has 0 bridgehead atoms. The summed E-state index contributed by atoms with van der Waals surface area (Å²) in [5.41, 5.74) is 5.91. The van der Waals surface area contributed by atoms with Crippen LogP contribution in [0.4, 0.5) is 5.69 Å². The zero-order valence-corrected chi connectivity index (χ0v) is 8.35. The minimum Gasteiger partial charge on any atom is -0.481 e. The number of nitrogens with two attached hydrogens (primary N) is 1. The monoisotopic (exact) mass is 227 g/mol. The zero-order valence-electron chi connectivity index (χ0n) is 6.71. The highest BCUT2D eigenvalue weighted by molar-refractivity contribution is 5.85. The molecule has 0 aliphatic rings. The molecule has 3 N–H and O–H groups in total. The number of carboxylic acid groups (broad SMARTS) is 1. The topological polar surface area (TPSA) is 81.1 Å². The van der Waals surface area contributed by atoms with Gasteiger partial charge in [0.05, 0.1) is 24.8 Å². The fourth-order valence-corrected chi connectivity index (χ4v) is 0.712. The molecule has 0 saturated carbocycles. The normalized spacial score (nSPS) is 8.31. The van der Waals surface area contributed by atoms with Crippen molar-refractivity contribution in [2.45, 2.75) is 13.0 Å². The lowest BCUT2D eigenvalue weighted by Crippen LogP contribution is -2.04. The molecule has 1 heterocycles. The molecule has 76 valence electrons. The molecule has 0 fully saturated rings. The Kier molecular flexibility index (Phi) is 7.36. The van der Waals surface area contributed by atoms with E-state index in [1.54, 1.807) is 6.20 Å². The van der Waals surface area contributed by atoms with E-state index in [4.69, 9.17) is 10.8 Å². The Morgan fingerprint density at radius 1 is 1.62 bits per heavy atom. The maximum Gasteiger partial charge on any atom is 0.305 e. The van der Waals surface area contributed by atoms with Gasteiger partial charge < -0.3 is 10.8 Å². The Hall–Kier alpha value is -0.940. The van der Waals surface area contributed by atoms with E-state index >= 15 is 0 Å². The number of hydrogen-bond acceptors (Lipinski definition) is 3. The van der Waals surface area contributed by atoms with Crippen LogP contribution in [0.5, 0.6) is 0 Å². The van der Waals surface area contributed by atoms with Gasteiger partial charge in [0.15, 0.2) is 0 Å². The molecule has 0 amide bonds. The van der Waals surface area contributed by atoms with E-state index in [0.29, 0.717) is 12.2 Å². The number of rotatable bonds is 3. The van der Waals surface area contributed by atoms with E-state index < -0.39 is 5.97 Å². The van der Waals surface area contributed by atoms with Gasteiger partial charge in [0.25, 0.3) is 0 Å². The molecule has 7 heteroatoms. The van der Waals surface area contributed by atoms with Crippen molar-refractivity contribution in [3.8, 4) is 0 Å². The molecular formula is C6H11Cl2N3O2. The van der Waals surface area contributed by atoms with Crippen LogP contribution >= 0.6 is 24.8 Å². The van der Waals surface area contributed by atoms with Crippen LogP contribution in [0.3, 0.4) is 0 Å². The molecule has 1 aromatic rings. The standard InChI is InChI=1S/C6H9N3O2.2ClH/c7-5-3-8-9(4-5)2-1-6(10)11;;/h3-4H,1-2,7H2,(H,10,11);2*1H. The molecule has 0 radical (unpaired) electrons. The van der Waals surface area contributed by atoms with Crippen molar-refractivity contribution in [1.82, 2.24) is 9.78 Å². The minimum atomic E-state index is -0.834. The van der Waals surface area contributed by atoms with Gasteiger partial charge in [0.2, 0.25) is 0 Å². The molecule has 0 aliphatic heterocycles. The average molecular weight is 228 g/mol. The number of carbonyl (C=O) groups is 1. The lowest BCUT2D eigenvalue weighted by Gasteiger charge is -1.95. The first-order valence-electron chi connectivity index (χ1n) is 3.18. The molecule has 1 aromatic heterocycles. The van der Waals surface area contributed by atoms with Crippen LogP contribution in [0, 0.1) is 0 Å². The van der Waals surface area contributed by atoms with Crippen LogP contribution in [0.1, 0.15) is 6.42 Å². The van der Waals surface area contributed by atoms with Crippen molar-refractivity contribution in [2.75, 3.05) is 5.73 Å². The van der Waals surface area contributed by atoms with Gasteiger partial charge in [0.1, 0.15) is 0 Å². The van der Waals surface area contributed by atoms with Crippen LogP contribution < -0.4 is 5.73 Å². The van der Waals surface area contributed by atoms with Gasteiger partial charge in [-0.1, -0.05) is 0 Å². The summed E-state index contributed by atoms with van der Waals surface area (Å²) in [7, 11) is 0. The third-order valence-corrected chi connectivity index (χ3v) is 1.21. The summed E-state index contributed by atoms with van der Waals surface area (Å²) in [5.74, 6) is -0.834.